The number of nitrogens with two attached hydrogens (primary N) is 2. The van der Waals surface area contributed by atoms with E-state index in [-0.39, 0.29) is 16.5 Å². The smallest absolute Gasteiger partial charge is 0.244 e. The van der Waals surface area contributed by atoms with Gasteiger partial charge in [0.05, 0.1) is 4.90 Å². The Balaban J connectivity index is 3.16. The van der Waals surface area contributed by atoms with Crippen molar-refractivity contribution in [2.45, 2.75) is 31.7 Å². The van der Waals surface area contributed by atoms with E-state index < -0.39 is 16.1 Å². The summed E-state index contributed by atoms with van der Waals surface area (Å²) in [6, 6.07) is 2.38. The van der Waals surface area contributed by atoms with Gasteiger partial charge in [-0.05, 0) is 38.5 Å². The monoisotopic (exact) mass is 314 g/mol. The first kappa shape index (κ1) is 17.3. The second kappa shape index (κ2) is 6.31. The molecule has 0 bridgehead atoms. The van der Waals surface area contributed by atoms with Crippen LogP contribution < -0.4 is 16.2 Å². The lowest BCUT2D eigenvalue weighted by molar-refractivity contribution is -0.130. The van der Waals surface area contributed by atoms with Gasteiger partial charge in [0.2, 0.25) is 15.9 Å². The van der Waals surface area contributed by atoms with Gasteiger partial charge in [0.15, 0.2) is 0 Å². The Morgan fingerprint density at radius 2 is 2.00 bits per heavy atom. The number of nitrogens with zero attached hydrogens (tertiary/aromatic N) is 1. The predicted octanol–water partition coefficient (Wildman–Crippen LogP) is 0.503. The minimum absolute atomic E-state index is 0.0477. The standard InChI is InChI=1S/C13H22N4O3S/c1-5-17(4)13(18)9(3)16-11-6-10(14)7-12(8(11)2)21(15,19)20/h6-7,9,16H,5,14H2,1-4H3,(H2,15,19,20). The van der Waals surface area contributed by atoms with Crippen LogP contribution in [0.5, 0.6) is 0 Å². The van der Waals surface area contributed by atoms with E-state index in [1.54, 1.807) is 31.9 Å². The Hall–Kier alpha value is -1.80. The molecule has 5 N–H and O–H groups in total. The summed E-state index contributed by atoms with van der Waals surface area (Å²) in [4.78, 5) is 13.6. The van der Waals surface area contributed by atoms with Gasteiger partial charge in [0, 0.05) is 25.0 Å². The number of rotatable bonds is 5. The van der Waals surface area contributed by atoms with Crippen molar-refractivity contribution in [3.8, 4) is 0 Å². The molecule has 0 spiro atoms. The zero-order valence-electron chi connectivity index (χ0n) is 12.7. The topological polar surface area (TPSA) is 119 Å². The molecule has 0 heterocycles. The Morgan fingerprint density at radius 1 is 1.43 bits per heavy atom. The summed E-state index contributed by atoms with van der Waals surface area (Å²) in [5.74, 6) is -0.100. The fourth-order valence-corrected chi connectivity index (χ4v) is 2.77. The SMILES string of the molecule is CCN(C)C(=O)C(C)Nc1cc(N)cc(S(N)(=O)=O)c1C. The van der Waals surface area contributed by atoms with Crippen molar-refractivity contribution in [1.29, 1.82) is 0 Å². The normalized spacial score (nSPS) is 12.8. The lowest BCUT2D eigenvalue weighted by atomic mass is 10.1. The number of amides is 1. The maximum Gasteiger partial charge on any atom is 0.244 e. The van der Waals surface area contributed by atoms with Gasteiger partial charge in [-0.3, -0.25) is 4.79 Å². The van der Waals surface area contributed by atoms with Crippen LogP contribution in [0.15, 0.2) is 17.0 Å². The van der Waals surface area contributed by atoms with E-state index in [4.69, 9.17) is 10.9 Å². The third kappa shape index (κ3) is 4.08. The Kier molecular flexibility index (Phi) is 5.19. The Labute approximate surface area is 125 Å². The summed E-state index contributed by atoms with van der Waals surface area (Å²) >= 11 is 0. The van der Waals surface area contributed by atoms with E-state index in [1.807, 2.05) is 6.92 Å². The number of sulfonamides is 1. The molecule has 0 saturated carbocycles. The first-order valence-electron chi connectivity index (χ1n) is 6.52. The van der Waals surface area contributed by atoms with Gasteiger partial charge >= 0.3 is 0 Å². The first-order chi connectivity index (χ1) is 9.57. The van der Waals surface area contributed by atoms with Crippen molar-refractivity contribution in [3.05, 3.63) is 17.7 Å². The first-order valence-corrected chi connectivity index (χ1v) is 8.07. The number of nitrogen functional groups attached to an aromatic ring is 1. The molecule has 0 radical (unpaired) electrons. The molecule has 0 saturated heterocycles. The zero-order chi connectivity index (χ0) is 16.4. The number of carbonyl (C=O) groups is 1. The number of nitrogens with one attached hydrogen (secondary N) is 1. The molecule has 0 aliphatic heterocycles. The molecule has 0 fully saturated rings. The second-order valence-electron chi connectivity index (χ2n) is 4.96. The van der Waals surface area contributed by atoms with Crippen LogP contribution >= 0.6 is 0 Å². The summed E-state index contributed by atoms with van der Waals surface area (Å²) in [7, 11) is -2.17. The number of hydrogen-bond donors (Lipinski definition) is 3. The molecule has 0 aliphatic rings. The molecule has 1 unspecified atom stereocenters. The largest absolute Gasteiger partial charge is 0.399 e. The average Bonchev–Trinajstić information content (AvgIpc) is 2.39. The summed E-state index contributed by atoms with van der Waals surface area (Å²) < 4.78 is 23.1. The molecule has 7 nitrogen and oxygen atoms in total. The Bertz CT molecular complexity index is 643. The average molecular weight is 314 g/mol. The summed E-state index contributed by atoms with van der Waals surface area (Å²) in [5, 5.41) is 8.16. The molecular formula is C13H22N4O3S. The van der Waals surface area contributed by atoms with Crippen molar-refractivity contribution in [2.24, 2.45) is 5.14 Å². The van der Waals surface area contributed by atoms with Crippen LogP contribution in [-0.2, 0) is 14.8 Å². The minimum atomic E-state index is -3.87. The lowest BCUT2D eigenvalue weighted by Gasteiger charge is -2.23. The van der Waals surface area contributed by atoms with Crippen LogP contribution in [0.2, 0.25) is 0 Å². The molecule has 1 rings (SSSR count). The summed E-state index contributed by atoms with van der Waals surface area (Å²) in [5.41, 5.74) is 6.88. The number of likely N-dealkylation sites (N-methyl/N-ethyl adjacent to an activating group) is 1. The van der Waals surface area contributed by atoms with Crippen molar-refractivity contribution in [2.75, 3.05) is 24.6 Å². The third-order valence-corrected chi connectivity index (χ3v) is 4.32. The highest BCUT2D eigenvalue weighted by molar-refractivity contribution is 7.89. The summed E-state index contributed by atoms with van der Waals surface area (Å²) in [6.45, 7) is 5.77. The van der Waals surface area contributed by atoms with Gasteiger partial charge in [-0.15, -0.1) is 0 Å². The maximum absolute atomic E-state index is 12.0. The number of benzene rings is 1. The van der Waals surface area contributed by atoms with Gasteiger partial charge in [-0.1, -0.05) is 0 Å². The molecule has 0 aliphatic carbocycles. The van der Waals surface area contributed by atoms with E-state index in [0.29, 0.717) is 17.8 Å². The second-order valence-corrected chi connectivity index (χ2v) is 6.48. The molecule has 1 atom stereocenters. The van der Waals surface area contributed by atoms with Gasteiger partial charge < -0.3 is 16.0 Å². The Morgan fingerprint density at radius 3 is 2.48 bits per heavy atom. The van der Waals surface area contributed by atoms with Crippen LogP contribution in [0, 0.1) is 6.92 Å². The fourth-order valence-electron chi connectivity index (χ4n) is 1.94. The van der Waals surface area contributed by atoms with Gasteiger partial charge in [-0.2, -0.15) is 0 Å². The maximum atomic E-state index is 12.0. The molecule has 1 aromatic carbocycles. The van der Waals surface area contributed by atoms with Crippen LogP contribution in [0.4, 0.5) is 11.4 Å². The molecule has 118 valence electrons. The molecule has 21 heavy (non-hydrogen) atoms. The highest BCUT2D eigenvalue weighted by Crippen LogP contribution is 2.26. The highest BCUT2D eigenvalue weighted by atomic mass is 32.2. The van der Waals surface area contributed by atoms with E-state index in [0.717, 1.165) is 0 Å². The molecule has 0 aromatic heterocycles. The number of carbonyl (C=O) groups excluding carboxylic acids is 1. The fraction of sp³-hybridized carbons (Fsp3) is 0.462. The number of anilines is 2. The minimum Gasteiger partial charge on any atom is -0.399 e. The van der Waals surface area contributed by atoms with E-state index in [2.05, 4.69) is 5.32 Å². The highest BCUT2D eigenvalue weighted by Gasteiger charge is 2.20. The van der Waals surface area contributed by atoms with Crippen molar-refractivity contribution in [1.82, 2.24) is 4.90 Å². The third-order valence-electron chi connectivity index (χ3n) is 3.28. The van der Waals surface area contributed by atoms with Gasteiger partial charge in [0.1, 0.15) is 6.04 Å². The number of primary sulfonamides is 1. The van der Waals surface area contributed by atoms with E-state index in [1.165, 1.54) is 6.07 Å². The lowest BCUT2D eigenvalue weighted by Crippen LogP contribution is -2.39. The predicted molar refractivity (Wildman–Crippen MR) is 83.4 cm³/mol. The van der Waals surface area contributed by atoms with Crippen molar-refractivity contribution in [3.63, 3.8) is 0 Å². The van der Waals surface area contributed by atoms with Gasteiger partial charge in [0.25, 0.3) is 0 Å². The van der Waals surface area contributed by atoms with Crippen LogP contribution in [0.25, 0.3) is 0 Å². The van der Waals surface area contributed by atoms with E-state index in [9.17, 15) is 13.2 Å². The van der Waals surface area contributed by atoms with Crippen LogP contribution in [-0.4, -0.2) is 38.9 Å². The quantitative estimate of drug-likeness (QED) is 0.684. The summed E-state index contributed by atoms with van der Waals surface area (Å²) in [6.07, 6.45) is 0. The van der Waals surface area contributed by atoms with Crippen LogP contribution in [0.3, 0.4) is 0 Å². The molecule has 8 heteroatoms. The van der Waals surface area contributed by atoms with Gasteiger partial charge in [-0.25, -0.2) is 13.6 Å². The molecule has 1 amide bonds. The molecular weight excluding hydrogens is 292 g/mol. The molecule has 1 aromatic rings. The van der Waals surface area contributed by atoms with Crippen LogP contribution in [0.1, 0.15) is 19.4 Å². The zero-order valence-corrected chi connectivity index (χ0v) is 13.5. The van der Waals surface area contributed by atoms with Crippen molar-refractivity contribution < 1.29 is 13.2 Å². The number of hydrogen-bond acceptors (Lipinski definition) is 5. The van der Waals surface area contributed by atoms with Crippen molar-refractivity contribution >= 4 is 27.3 Å². The van der Waals surface area contributed by atoms with E-state index >= 15 is 0 Å².